The molecule has 2 unspecified atom stereocenters. The van der Waals surface area contributed by atoms with Crippen LogP contribution in [0, 0.1) is 5.92 Å². The number of aromatic nitrogens is 2. The van der Waals surface area contributed by atoms with E-state index < -0.39 is 5.79 Å². The summed E-state index contributed by atoms with van der Waals surface area (Å²) < 4.78 is 17.3. The van der Waals surface area contributed by atoms with Gasteiger partial charge in [-0.25, -0.2) is 9.97 Å². The van der Waals surface area contributed by atoms with Gasteiger partial charge in [-0.15, -0.1) is 0 Å². The number of aliphatic hydroxyl groups is 1. The number of fused-ring (bicyclic) bond motifs is 1. The molecule has 32 heavy (non-hydrogen) atoms. The van der Waals surface area contributed by atoms with Crippen LogP contribution in [0.1, 0.15) is 24.1 Å². The molecule has 0 fully saturated rings. The van der Waals surface area contributed by atoms with Crippen molar-refractivity contribution in [2.75, 3.05) is 32.2 Å². The molecule has 8 heteroatoms. The molecule has 1 aromatic carbocycles. The Morgan fingerprint density at radius 3 is 2.91 bits per heavy atom. The second-order valence-corrected chi connectivity index (χ2v) is 8.83. The maximum absolute atomic E-state index is 10.5. The van der Waals surface area contributed by atoms with Crippen molar-refractivity contribution in [3.8, 4) is 5.75 Å². The molecule has 2 aromatic heterocycles. The third kappa shape index (κ3) is 5.27. The molecule has 0 saturated heterocycles. The van der Waals surface area contributed by atoms with Gasteiger partial charge in [0, 0.05) is 49.7 Å². The van der Waals surface area contributed by atoms with Gasteiger partial charge in [-0.3, -0.25) is 0 Å². The predicted molar refractivity (Wildman–Crippen MR) is 128 cm³/mol. The van der Waals surface area contributed by atoms with Crippen LogP contribution >= 0.6 is 11.3 Å². The first kappa shape index (κ1) is 22.3. The van der Waals surface area contributed by atoms with E-state index in [0.29, 0.717) is 36.9 Å². The number of anilines is 1. The van der Waals surface area contributed by atoms with Crippen molar-refractivity contribution in [3.63, 3.8) is 0 Å². The van der Waals surface area contributed by atoms with E-state index in [4.69, 9.17) is 13.9 Å². The van der Waals surface area contributed by atoms with E-state index in [0.717, 1.165) is 15.5 Å². The molecule has 4 rings (SSSR count). The summed E-state index contributed by atoms with van der Waals surface area (Å²) in [6, 6.07) is 5.58. The maximum atomic E-state index is 10.5. The third-order valence-corrected chi connectivity index (χ3v) is 6.18. The van der Waals surface area contributed by atoms with Crippen molar-refractivity contribution >= 4 is 39.7 Å². The van der Waals surface area contributed by atoms with Crippen molar-refractivity contribution in [2.24, 2.45) is 5.92 Å². The van der Waals surface area contributed by atoms with Gasteiger partial charge in [-0.05, 0) is 24.3 Å². The lowest BCUT2D eigenvalue weighted by molar-refractivity contribution is -0.189. The van der Waals surface area contributed by atoms with Gasteiger partial charge in [0.15, 0.2) is 16.5 Å². The summed E-state index contributed by atoms with van der Waals surface area (Å²) in [5, 5.41) is 11.4. The van der Waals surface area contributed by atoms with Crippen LogP contribution in [0.4, 0.5) is 5.13 Å². The molecule has 1 N–H and O–H groups in total. The molecule has 0 saturated carbocycles. The lowest BCUT2D eigenvalue weighted by Gasteiger charge is -2.31. The standard InChI is InChI=1S/C24H27N3O4S/c1-17-7-4-5-12-24(17,28)30-14-6-13-29-18-8-10-20-21(15-18)31-22(26-20)11-9-19-16-25-23(32-19)27(2)3/h4-5,7-12,15-17,28H,6,13-14H2,1-3H3/b11-9+. The minimum atomic E-state index is -1.25. The highest BCUT2D eigenvalue weighted by molar-refractivity contribution is 7.16. The van der Waals surface area contributed by atoms with Crippen LogP contribution in [0.15, 0.2) is 53.1 Å². The molecular weight excluding hydrogens is 426 g/mol. The van der Waals surface area contributed by atoms with E-state index in [-0.39, 0.29) is 5.92 Å². The Morgan fingerprint density at radius 2 is 2.12 bits per heavy atom. The van der Waals surface area contributed by atoms with Crippen molar-refractivity contribution in [2.45, 2.75) is 19.1 Å². The Labute approximate surface area is 191 Å². The van der Waals surface area contributed by atoms with Crippen LogP contribution in [0.5, 0.6) is 5.75 Å². The number of allylic oxidation sites excluding steroid dienone is 2. The summed E-state index contributed by atoms with van der Waals surface area (Å²) in [5.41, 5.74) is 1.44. The first-order chi connectivity index (χ1) is 15.4. The highest BCUT2D eigenvalue weighted by atomic mass is 32.1. The van der Waals surface area contributed by atoms with E-state index in [1.54, 1.807) is 23.5 Å². The average molecular weight is 454 g/mol. The predicted octanol–water partition coefficient (Wildman–Crippen LogP) is 4.76. The fourth-order valence-corrected chi connectivity index (χ4v) is 3.92. The molecule has 168 valence electrons. The fourth-order valence-electron chi connectivity index (χ4n) is 3.18. The molecule has 0 spiro atoms. The molecular formula is C24H27N3O4S. The van der Waals surface area contributed by atoms with Crippen LogP contribution in [-0.2, 0) is 4.74 Å². The van der Waals surface area contributed by atoms with Gasteiger partial charge in [0.05, 0.1) is 13.2 Å². The van der Waals surface area contributed by atoms with Crippen LogP contribution in [0.25, 0.3) is 23.3 Å². The molecule has 0 amide bonds. The first-order valence-corrected chi connectivity index (χ1v) is 11.3. The van der Waals surface area contributed by atoms with E-state index in [9.17, 15) is 5.11 Å². The van der Waals surface area contributed by atoms with Gasteiger partial charge >= 0.3 is 0 Å². The Balaban J connectivity index is 1.29. The fraction of sp³-hybridized carbons (Fsp3) is 0.333. The van der Waals surface area contributed by atoms with Crippen molar-refractivity contribution in [1.82, 2.24) is 9.97 Å². The molecule has 1 aliphatic carbocycles. The number of oxazole rings is 1. The average Bonchev–Trinajstić information content (AvgIpc) is 3.41. The Bertz CT molecular complexity index is 1150. The number of ether oxygens (including phenoxy) is 2. The number of rotatable bonds is 9. The summed E-state index contributed by atoms with van der Waals surface area (Å²) in [4.78, 5) is 11.8. The SMILES string of the molecule is CC1C=CC=CC1(O)OCCCOc1ccc2nc(/C=C/c3cnc(N(C)C)s3)oc2c1. The van der Waals surface area contributed by atoms with Gasteiger partial charge in [0.1, 0.15) is 11.3 Å². The quantitative estimate of drug-likeness (QED) is 0.370. The zero-order valence-corrected chi connectivity index (χ0v) is 19.2. The molecule has 3 aromatic rings. The highest BCUT2D eigenvalue weighted by Crippen LogP contribution is 2.27. The summed E-state index contributed by atoms with van der Waals surface area (Å²) in [6.07, 6.45) is 13.6. The molecule has 0 radical (unpaired) electrons. The molecule has 0 aliphatic heterocycles. The van der Waals surface area contributed by atoms with E-state index >= 15 is 0 Å². The molecule has 2 atom stereocenters. The number of thiazole rings is 1. The van der Waals surface area contributed by atoms with Crippen molar-refractivity contribution < 1.29 is 19.0 Å². The Hall–Kier alpha value is -2.94. The minimum absolute atomic E-state index is 0.0864. The lowest BCUT2D eigenvalue weighted by Crippen LogP contribution is -2.38. The Morgan fingerprint density at radius 1 is 1.25 bits per heavy atom. The molecule has 7 nitrogen and oxygen atoms in total. The van der Waals surface area contributed by atoms with Crippen LogP contribution in [0.3, 0.4) is 0 Å². The summed E-state index contributed by atoms with van der Waals surface area (Å²) in [6.45, 7) is 2.78. The van der Waals surface area contributed by atoms with Crippen LogP contribution in [0.2, 0.25) is 0 Å². The number of hydrogen-bond acceptors (Lipinski definition) is 8. The zero-order valence-electron chi connectivity index (χ0n) is 18.4. The number of hydrogen-bond donors (Lipinski definition) is 1. The largest absolute Gasteiger partial charge is 0.493 e. The molecule has 0 bridgehead atoms. The van der Waals surface area contributed by atoms with E-state index in [2.05, 4.69) is 9.97 Å². The number of nitrogens with zero attached hydrogens (tertiary/aromatic N) is 3. The molecule has 1 aliphatic rings. The van der Waals surface area contributed by atoms with Crippen molar-refractivity contribution in [1.29, 1.82) is 0 Å². The summed E-state index contributed by atoms with van der Waals surface area (Å²) >= 11 is 1.60. The van der Waals surface area contributed by atoms with E-state index in [1.165, 1.54) is 0 Å². The topological polar surface area (TPSA) is 80.8 Å². The second-order valence-electron chi connectivity index (χ2n) is 7.79. The van der Waals surface area contributed by atoms with E-state index in [1.807, 2.05) is 74.6 Å². The van der Waals surface area contributed by atoms with Gasteiger partial charge in [-0.2, -0.15) is 0 Å². The maximum Gasteiger partial charge on any atom is 0.220 e. The van der Waals surface area contributed by atoms with Gasteiger partial charge in [0.2, 0.25) is 5.89 Å². The van der Waals surface area contributed by atoms with Gasteiger partial charge in [-0.1, -0.05) is 36.5 Å². The third-order valence-electron chi connectivity index (χ3n) is 5.05. The normalized spacial score (nSPS) is 20.4. The second kappa shape index (κ2) is 9.68. The van der Waals surface area contributed by atoms with Crippen LogP contribution in [-0.4, -0.2) is 48.2 Å². The minimum Gasteiger partial charge on any atom is -0.493 e. The Kier molecular flexibility index (Phi) is 6.74. The summed E-state index contributed by atoms with van der Waals surface area (Å²) in [7, 11) is 3.93. The van der Waals surface area contributed by atoms with Crippen molar-refractivity contribution in [3.05, 3.63) is 59.5 Å². The monoisotopic (exact) mass is 453 g/mol. The number of benzene rings is 1. The first-order valence-electron chi connectivity index (χ1n) is 10.5. The zero-order chi connectivity index (χ0) is 22.6. The van der Waals surface area contributed by atoms with Gasteiger partial charge in [0.25, 0.3) is 0 Å². The lowest BCUT2D eigenvalue weighted by atomic mass is 9.96. The van der Waals surface area contributed by atoms with Crippen LogP contribution < -0.4 is 9.64 Å². The smallest absolute Gasteiger partial charge is 0.220 e. The molecule has 2 heterocycles. The summed E-state index contributed by atoms with van der Waals surface area (Å²) in [5.74, 6) is -0.0984. The van der Waals surface area contributed by atoms with Gasteiger partial charge < -0.3 is 23.9 Å². The highest BCUT2D eigenvalue weighted by Gasteiger charge is 2.31.